The van der Waals surface area contributed by atoms with Crippen molar-refractivity contribution < 1.29 is 14.9 Å². The van der Waals surface area contributed by atoms with Gasteiger partial charge in [0, 0.05) is 22.7 Å². The number of anilines is 1. The van der Waals surface area contributed by atoms with Crippen molar-refractivity contribution in [3.05, 3.63) is 65.2 Å². The number of amides is 1. The summed E-state index contributed by atoms with van der Waals surface area (Å²) in [5.41, 5.74) is 3.92. The van der Waals surface area contributed by atoms with E-state index >= 15 is 0 Å². The van der Waals surface area contributed by atoms with Crippen molar-refractivity contribution in [2.75, 3.05) is 11.9 Å². The predicted octanol–water partition coefficient (Wildman–Crippen LogP) is 3.35. The molecule has 0 radical (unpaired) electrons. The maximum Gasteiger partial charge on any atom is 0.279 e. The lowest BCUT2D eigenvalue weighted by molar-refractivity contribution is -0.692. The number of benzene rings is 2. The molecule has 0 saturated carbocycles. The maximum atomic E-state index is 12.3. The van der Waals surface area contributed by atoms with Crippen molar-refractivity contribution in [1.82, 2.24) is 0 Å². The highest BCUT2D eigenvalue weighted by Gasteiger charge is 2.20. The van der Waals surface area contributed by atoms with Crippen LogP contribution in [0.3, 0.4) is 0 Å². The second-order valence-corrected chi connectivity index (χ2v) is 6.99. The van der Waals surface area contributed by atoms with Crippen LogP contribution in [0.1, 0.15) is 55.2 Å². The molecule has 1 amide bonds. The molecular weight excluding hydrogens is 324 g/mol. The molecule has 4 nitrogen and oxygen atoms in total. The van der Waals surface area contributed by atoms with E-state index in [0.29, 0.717) is 23.7 Å². The van der Waals surface area contributed by atoms with E-state index in [2.05, 4.69) is 55.7 Å². The smallest absolute Gasteiger partial charge is 0.279 e. The summed E-state index contributed by atoms with van der Waals surface area (Å²) in [4.78, 5) is 23.6. The minimum absolute atomic E-state index is 0.0186. The second kappa shape index (κ2) is 9.30. The predicted molar refractivity (Wildman–Crippen MR) is 105 cm³/mol. The van der Waals surface area contributed by atoms with Crippen LogP contribution in [0.4, 0.5) is 5.69 Å². The molecule has 26 heavy (non-hydrogen) atoms. The van der Waals surface area contributed by atoms with E-state index in [1.807, 2.05) is 0 Å². The lowest BCUT2D eigenvalue weighted by atomic mass is 9.95. The van der Waals surface area contributed by atoms with Gasteiger partial charge in [-0.2, -0.15) is 0 Å². The molecule has 0 saturated heterocycles. The summed E-state index contributed by atoms with van der Waals surface area (Å²) in [6, 6.07) is 15.9. The van der Waals surface area contributed by atoms with E-state index in [4.69, 9.17) is 0 Å². The van der Waals surface area contributed by atoms with Crippen molar-refractivity contribution in [3.63, 3.8) is 0 Å². The van der Waals surface area contributed by atoms with Gasteiger partial charge >= 0.3 is 0 Å². The molecule has 0 aliphatic heterocycles. The Labute approximate surface area is 156 Å². The zero-order valence-corrected chi connectivity index (χ0v) is 16.1. The van der Waals surface area contributed by atoms with Crippen molar-refractivity contribution >= 4 is 17.4 Å². The summed E-state index contributed by atoms with van der Waals surface area (Å²) >= 11 is 0. The minimum atomic E-state index is -0.0450. The Kier molecular flexibility index (Phi) is 7.10. The Morgan fingerprint density at radius 1 is 1.00 bits per heavy atom. The maximum absolute atomic E-state index is 12.3. The summed E-state index contributed by atoms with van der Waals surface area (Å²) < 4.78 is 0. The van der Waals surface area contributed by atoms with Gasteiger partial charge in [0.25, 0.3) is 5.91 Å². The molecular formula is C22H29N2O2+. The van der Waals surface area contributed by atoms with Gasteiger partial charge < -0.3 is 10.6 Å². The fourth-order valence-corrected chi connectivity index (χ4v) is 3.00. The van der Waals surface area contributed by atoms with Gasteiger partial charge in [-0.15, -0.1) is 0 Å². The molecule has 1 atom stereocenters. The second-order valence-electron chi connectivity index (χ2n) is 6.99. The van der Waals surface area contributed by atoms with Crippen molar-refractivity contribution in [2.45, 2.75) is 40.2 Å². The summed E-state index contributed by atoms with van der Waals surface area (Å²) in [5, 5.41) is 4.98. The third-order valence-corrected chi connectivity index (χ3v) is 4.62. The number of nitrogens with one attached hydrogen (secondary N) is 1. The van der Waals surface area contributed by atoms with Gasteiger partial charge in [0.2, 0.25) is 0 Å². The summed E-state index contributed by atoms with van der Waals surface area (Å²) in [6.45, 7) is 8.38. The van der Waals surface area contributed by atoms with Gasteiger partial charge in [-0.3, -0.25) is 9.59 Å². The number of quaternary nitrogens is 1. The number of hydrogen-bond acceptors (Lipinski definition) is 2. The summed E-state index contributed by atoms with van der Waals surface area (Å²) in [5.74, 6) is 0.395. The molecule has 0 fully saturated rings. The molecule has 0 unspecified atom stereocenters. The van der Waals surface area contributed by atoms with Crippen LogP contribution >= 0.6 is 0 Å². The standard InChI is InChI=1S/C22H28N2O2/c1-5-17-6-8-19(9-7-17)22(15(2)3)23-14-21(26)24-20-12-10-18(11-13-20)16(4)25/h6-13,15,22-23H,5,14H2,1-4H3,(H,24,26)/p+1/t22-/m1/s1. The highest BCUT2D eigenvalue weighted by atomic mass is 16.2. The number of hydrogen-bond donors (Lipinski definition) is 2. The molecule has 0 aliphatic rings. The van der Waals surface area contributed by atoms with Gasteiger partial charge in [-0.05, 0) is 43.2 Å². The van der Waals surface area contributed by atoms with E-state index in [0.717, 1.165) is 6.42 Å². The molecule has 0 aliphatic carbocycles. The molecule has 0 bridgehead atoms. The summed E-state index contributed by atoms with van der Waals surface area (Å²) in [7, 11) is 0. The average molecular weight is 353 g/mol. The van der Waals surface area contributed by atoms with Crippen molar-refractivity contribution in [3.8, 4) is 0 Å². The largest absolute Gasteiger partial charge is 0.332 e. The van der Waals surface area contributed by atoms with Crippen LogP contribution in [-0.4, -0.2) is 18.2 Å². The van der Waals surface area contributed by atoms with E-state index in [9.17, 15) is 9.59 Å². The lowest BCUT2D eigenvalue weighted by Gasteiger charge is -2.20. The number of nitrogens with two attached hydrogens (primary N) is 1. The van der Waals surface area contributed by atoms with E-state index in [1.165, 1.54) is 18.1 Å². The fourth-order valence-electron chi connectivity index (χ4n) is 3.00. The molecule has 0 spiro atoms. The van der Waals surface area contributed by atoms with Gasteiger partial charge in [0.05, 0.1) is 0 Å². The zero-order chi connectivity index (χ0) is 19.1. The molecule has 4 heteroatoms. The Bertz CT molecular complexity index is 734. The SMILES string of the molecule is CCc1ccc([C@H]([NH2+]CC(=O)Nc2ccc(C(C)=O)cc2)C(C)C)cc1. The first kappa shape index (κ1) is 19.9. The molecule has 138 valence electrons. The minimum Gasteiger partial charge on any atom is -0.332 e. The zero-order valence-electron chi connectivity index (χ0n) is 16.1. The van der Waals surface area contributed by atoms with Gasteiger partial charge in [0.15, 0.2) is 12.3 Å². The molecule has 0 aromatic heterocycles. The molecule has 3 N–H and O–H groups in total. The van der Waals surface area contributed by atoms with Crippen LogP contribution in [0.15, 0.2) is 48.5 Å². The Morgan fingerprint density at radius 2 is 1.62 bits per heavy atom. The lowest BCUT2D eigenvalue weighted by Crippen LogP contribution is -2.88. The van der Waals surface area contributed by atoms with Crippen LogP contribution in [0, 0.1) is 5.92 Å². The summed E-state index contributed by atoms with van der Waals surface area (Å²) in [6.07, 6.45) is 1.03. The number of Topliss-reactive ketones (excluding diaryl/α,β-unsaturated/α-hetero) is 1. The number of rotatable bonds is 8. The van der Waals surface area contributed by atoms with Crippen LogP contribution in [0.25, 0.3) is 0 Å². The molecule has 0 heterocycles. The first-order chi connectivity index (χ1) is 12.4. The van der Waals surface area contributed by atoms with E-state index < -0.39 is 0 Å². The molecule has 2 rings (SSSR count). The molecule has 2 aromatic rings. The Morgan fingerprint density at radius 3 is 2.12 bits per heavy atom. The van der Waals surface area contributed by atoms with E-state index in [-0.39, 0.29) is 17.7 Å². The quantitative estimate of drug-likeness (QED) is 0.715. The first-order valence-corrected chi connectivity index (χ1v) is 9.23. The number of ketones is 1. The normalized spacial score (nSPS) is 12.0. The highest BCUT2D eigenvalue weighted by molar-refractivity contribution is 5.95. The Balaban J connectivity index is 1.95. The first-order valence-electron chi connectivity index (χ1n) is 9.23. The van der Waals surface area contributed by atoms with Crippen LogP contribution in [0.2, 0.25) is 0 Å². The highest BCUT2D eigenvalue weighted by Crippen LogP contribution is 2.18. The van der Waals surface area contributed by atoms with Gasteiger partial charge in [0.1, 0.15) is 6.04 Å². The molecule has 2 aromatic carbocycles. The van der Waals surface area contributed by atoms with Gasteiger partial charge in [-0.25, -0.2) is 0 Å². The third kappa shape index (κ3) is 5.53. The van der Waals surface area contributed by atoms with Crippen LogP contribution < -0.4 is 10.6 Å². The van der Waals surface area contributed by atoms with Crippen LogP contribution in [0.5, 0.6) is 0 Å². The topological polar surface area (TPSA) is 62.8 Å². The number of aryl methyl sites for hydroxylation is 1. The third-order valence-electron chi connectivity index (χ3n) is 4.62. The monoisotopic (exact) mass is 353 g/mol. The van der Waals surface area contributed by atoms with Crippen molar-refractivity contribution in [2.24, 2.45) is 5.92 Å². The van der Waals surface area contributed by atoms with E-state index in [1.54, 1.807) is 24.3 Å². The van der Waals surface area contributed by atoms with Crippen molar-refractivity contribution in [1.29, 1.82) is 0 Å². The Hall–Kier alpha value is -2.46. The number of carbonyl (C=O) groups excluding carboxylic acids is 2. The number of carbonyl (C=O) groups is 2. The average Bonchev–Trinajstić information content (AvgIpc) is 2.62. The van der Waals surface area contributed by atoms with Gasteiger partial charge in [-0.1, -0.05) is 45.0 Å². The van der Waals surface area contributed by atoms with Crippen LogP contribution in [-0.2, 0) is 11.2 Å². The fraction of sp³-hybridized carbons (Fsp3) is 0.364.